The molecule has 0 bridgehead atoms. The topological polar surface area (TPSA) is 140 Å². The van der Waals surface area contributed by atoms with E-state index in [2.05, 4.69) is 86.1 Å². The quantitative estimate of drug-likeness (QED) is 0.110. The van der Waals surface area contributed by atoms with Crippen LogP contribution < -0.4 is 27.3 Å². The number of pyridine rings is 1. The molecule has 48 heavy (non-hydrogen) atoms. The minimum Gasteiger partial charge on any atom is -0.373 e. The number of hydrogen-bond donors (Lipinski definition) is 6. The van der Waals surface area contributed by atoms with Crippen LogP contribution in [0.25, 0.3) is 21.9 Å². The predicted octanol–water partition coefficient (Wildman–Crippen LogP) is 6.57. The normalized spacial score (nSPS) is 16.8. The molecule has 6 rings (SSSR count). The first-order chi connectivity index (χ1) is 23.0. The van der Waals surface area contributed by atoms with Crippen molar-refractivity contribution in [2.45, 2.75) is 58.2 Å². The fourth-order valence-electron chi connectivity index (χ4n) is 6.28. The van der Waals surface area contributed by atoms with E-state index in [1.54, 1.807) is 0 Å². The monoisotopic (exact) mass is 664 g/mol. The van der Waals surface area contributed by atoms with Crippen LogP contribution in [0.1, 0.15) is 46.1 Å². The molecule has 1 saturated heterocycles. The van der Waals surface area contributed by atoms with Crippen molar-refractivity contribution in [2.75, 3.05) is 23.7 Å². The Balaban J connectivity index is 1.34. The van der Waals surface area contributed by atoms with Crippen LogP contribution in [-0.2, 0) is 0 Å². The molecular weight excluding hydrogens is 624 g/mol. The van der Waals surface area contributed by atoms with Gasteiger partial charge in [0.1, 0.15) is 6.07 Å². The third-order valence-electron chi connectivity index (χ3n) is 8.88. The van der Waals surface area contributed by atoms with Crippen molar-refractivity contribution in [3.63, 3.8) is 0 Å². The number of nitrogens with zero attached hydrogens (tertiary/aromatic N) is 4. The zero-order chi connectivity index (χ0) is 34.0. The summed E-state index contributed by atoms with van der Waals surface area (Å²) in [7, 11) is 0. The fourth-order valence-corrected chi connectivity index (χ4v) is 6.55. The molecule has 4 heterocycles. The Kier molecular flexibility index (Phi) is 9.33. The number of benzene rings is 2. The lowest BCUT2D eigenvalue weighted by atomic mass is 9.98. The van der Waals surface area contributed by atoms with Crippen molar-refractivity contribution < 1.29 is 0 Å². The first-order valence-electron chi connectivity index (χ1n) is 16.1. The summed E-state index contributed by atoms with van der Waals surface area (Å²) in [5, 5.41) is 20.3. The minimum absolute atomic E-state index is 0.156. The van der Waals surface area contributed by atoms with Crippen LogP contribution in [0.3, 0.4) is 0 Å². The van der Waals surface area contributed by atoms with E-state index < -0.39 is 0 Å². The van der Waals surface area contributed by atoms with Crippen molar-refractivity contribution in [2.24, 2.45) is 0 Å². The summed E-state index contributed by atoms with van der Waals surface area (Å²) in [4.78, 5) is 24.7. The number of halogens is 1. The first kappa shape index (κ1) is 32.9. The highest BCUT2D eigenvalue weighted by molar-refractivity contribution is 6.36. The van der Waals surface area contributed by atoms with E-state index in [1.807, 2.05) is 61.6 Å². The maximum absolute atomic E-state index is 12.1. The van der Waals surface area contributed by atoms with E-state index in [9.17, 15) is 10.1 Å². The molecule has 2 aliphatic rings. The number of allylic oxidation sites excluding steroid dienone is 3. The molecule has 0 aliphatic carbocycles. The van der Waals surface area contributed by atoms with E-state index in [0.717, 1.165) is 37.2 Å². The number of nitriles is 1. The zero-order valence-corrected chi connectivity index (χ0v) is 28.4. The van der Waals surface area contributed by atoms with E-state index in [-0.39, 0.29) is 17.3 Å². The van der Waals surface area contributed by atoms with Gasteiger partial charge in [0.15, 0.2) is 0 Å². The van der Waals surface area contributed by atoms with Gasteiger partial charge in [-0.25, -0.2) is 4.79 Å². The second-order valence-corrected chi connectivity index (χ2v) is 13.5. The lowest BCUT2D eigenvalue weighted by Gasteiger charge is -2.42. The smallest absolute Gasteiger partial charge is 0.323 e. The number of para-hydroxylation sites is 1. The lowest BCUT2D eigenvalue weighted by Crippen LogP contribution is -2.52. The number of fused-ring (bicyclic) bond motifs is 2. The summed E-state index contributed by atoms with van der Waals surface area (Å²) >= 11 is 6.86. The molecular formula is C36H41ClN10O. The molecule has 0 radical (unpaired) electrons. The van der Waals surface area contributed by atoms with Gasteiger partial charge in [0.05, 0.1) is 50.2 Å². The van der Waals surface area contributed by atoms with Crippen LogP contribution in [0.5, 0.6) is 0 Å². The van der Waals surface area contributed by atoms with Crippen LogP contribution in [0, 0.1) is 11.3 Å². The van der Waals surface area contributed by atoms with E-state index in [0.29, 0.717) is 55.6 Å². The maximum Gasteiger partial charge on any atom is 0.323 e. The van der Waals surface area contributed by atoms with Gasteiger partial charge in [0.25, 0.3) is 0 Å². The summed E-state index contributed by atoms with van der Waals surface area (Å²) in [5.41, 5.74) is 12.3. The summed E-state index contributed by atoms with van der Waals surface area (Å²) < 4.78 is 0. The largest absolute Gasteiger partial charge is 0.373 e. The van der Waals surface area contributed by atoms with Gasteiger partial charge in [-0.2, -0.15) is 5.26 Å². The molecule has 1 atom stereocenters. The van der Waals surface area contributed by atoms with Crippen molar-refractivity contribution in [1.82, 2.24) is 35.8 Å². The summed E-state index contributed by atoms with van der Waals surface area (Å²) in [6.07, 6.45) is 13.6. The van der Waals surface area contributed by atoms with Crippen molar-refractivity contribution in [3.05, 3.63) is 106 Å². The average Bonchev–Trinajstić information content (AvgIpc) is 3.70. The Hall–Kier alpha value is -5.02. The number of H-pyrrole nitrogens is 2. The highest BCUT2D eigenvalue weighted by Gasteiger charge is 2.32. The Morgan fingerprint density at radius 1 is 1.21 bits per heavy atom. The van der Waals surface area contributed by atoms with Gasteiger partial charge in [-0.05, 0) is 70.4 Å². The zero-order valence-electron chi connectivity index (χ0n) is 27.6. The molecule has 0 spiro atoms. The van der Waals surface area contributed by atoms with Gasteiger partial charge in [0, 0.05) is 48.1 Å². The van der Waals surface area contributed by atoms with E-state index in [1.165, 1.54) is 6.20 Å². The standard InChI is InChI=1S/C36H41ClN10O/c1-6-7-8-10-22(2)31(30-21-47(45-44-30)25-13-15-46(16-14-25)36(3,4)5)40-24-17-26-32(23(19-38)20-39-33(26)27(37)18-24)41-28-11-9-12-29-34(28)43-35(48)42-29/h6-12,17-18,20-21,25,31,40,44-45H,2,13-16H2,1,3-5H3,(H,39,41)(H2,42,43,48)/b7-6-,10-8-/t31-/m0/s1. The Morgan fingerprint density at radius 3 is 2.73 bits per heavy atom. The Bertz CT molecular complexity index is 2040. The van der Waals surface area contributed by atoms with Gasteiger partial charge in [-0.1, -0.05) is 48.6 Å². The number of hydrazine groups is 2. The predicted molar refractivity (Wildman–Crippen MR) is 195 cm³/mol. The third kappa shape index (κ3) is 6.82. The van der Waals surface area contributed by atoms with Crippen molar-refractivity contribution in [3.8, 4) is 6.07 Å². The van der Waals surface area contributed by atoms with Gasteiger partial charge in [0.2, 0.25) is 0 Å². The highest BCUT2D eigenvalue weighted by Crippen LogP contribution is 2.37. The number of aromatic amines is 2. The number of likely N-dealkylation sites (tertiary alicyclic amines) is 1. The maximum atomic E-state index is 12.1. The Labute approximate surface area is 285 Å². The van der Waals surface area contributed by atoms with Crippen LogP contribution in [0.15, 0.2) is 89.7 Å². The molecule has 12 heteroatoms. The van der Waals surface area contributed by atoms with Gasteiger partial charge >= 0.3 is 5.69 Å². The number of piperidine rings is 1. The summed E-state index contributed by atoms with van der Waals surface area (Å²) in [5.74, 6) is 0. The fraction of sp³-hybridized carbons (Fsp3) is 0.306. The van der Waals surface area contributed by atoms with Crippen LogP contribution in [0.2, 0.25) is 5.02 Å². The second kappa shape index (κ2) is 13.6. The Morgan fingerprint density at radius 2 is 2.00 bits per heavy atom. The summed E-state index contributed by atoms with van der Waals surface area (Å²) in [6.45, 7) is 15.3. The number of imidazole rings is 1. The van der Waals surface area contributed by atoms with Crippen LogP contribution >= 0.6 is 11.6 Å². The number of aromatic nitrogens is 3. The molecule has 2 aromatic carbocycles. The van der Waals surface area contributed by atoms with E-state index >= 15 is 0 Å². The van der Waals surface area contributed by atoms with Crippen LogP contribution in [-0.4, -0.2) is 55.6 Å². The van der Waals surface area contributed by atoms with Crippen molar-refractivity contribution >= 4 is 50.6 Å². The highest BCUT2D eigenvalue weighted by atomic mass is 35.5. The first-order valence-corrected chi connectivity index (χ1v) is 16.5. The third-order valence-corrected chi connectivity index (χ3v) is 9.16. The van der Waals surface area contributed by atoms with Crippen LogP contribution in [0.4, 0.5) is 17.1 Å². The van der Waals surface area contributed by atoms with Gasteiger partial charge in [-0.15, -0.1) is 5.53 Å². The summed E-state index contributed by atoms with van der Waals surface area (Å²) in [6, 6.07) is 11.5. The number of nitrogens with one attached hydrogen (secondary N) is 6. The van der Waals surface area contributed by atoms with E-state index in [4.69, 9.17) is 11.6 Å². The second-order valence-electron chi connectivity index (χ2n) is 13.1. The molecule has 248 valence electrons. The van der Waals surface area contributed by atoms with Gasteiger partial charge in [-0.3, -0.25) is 14.9 Å². The number of rotatable bonds is 9. The molecule has 4 aromatic rings. The molecule has 0 amide bonds. The molecule has 11 nitrogen and oxygen atoms in total. The SMILES string of the molecule is C=C(/C=C\C=C/C)[C@H](Nc1cc(Cl)c2ncc(C#N)c(Nc3cccc4[nH]c(=O)[nH]c34)c2c1)C1=CN(C2CCN(C(C)(C)C)CC2)NN1. The molecule has 2 aromatic heterocycles. The molecule has 2 aliphatic heterocycles. The molecule has 1 fully saturated rings. The lowest BCUT2D eigenvalue weighted by molar-refractivity contribution is 0.0570. The number of anilines is 3. The minimum atomic E-state index is -0.339. The molecule has 0 unspecified atom stereocenters. The van der Waals surface area contributed by atoms with Crippen molar-refractivity contribution in [1.29, 1.82) is 5.26 Å². The molecule has 0 saturated carbocycles. The average molecular weight is 665 g/mol. The number of hydrogen-bond acceptors (Lipinski definition) is 9. The van der Waals surface area contributed by atoms with Gasteiger partial charge < -0.3 is 26.0 Å². The molecule has 6 N–H and O–H groups in total.